The average molecular weight is 398 g/mol. The molecule has 0 spiro atoms. The Kier molecular flexibility index (Phi) is 9.68. The fourth-order valence-electron chi connectivity index (χ4n) is 2.51. The zero-order valence-electron chi connectivity index (χ0n) is 13.3. The summed E-state index contributed by atoms with van der Waals surface area (Å²) in [5.74, 6) is -1.89. The van der Waals surface area contributed by atoms with Crippen LogP contribution in [0, 0.1) is 10.1 Å². The van der Waals surface area contributed by atoms with Gasteiger partial charge in [0, 0.05) is 44.4 Å². The van der Waals surface area contributed by atoms with E-state index in [4.69, 9.17) is 5.11 Å². The van der Waals surface area contributed by atoms with Gasteiger partial charge in [-0.1, -0.05) is 0 Å². The summed E-state index contributed by atoms with van der Waals surface area (Å²) >= 11 is 0. The fraction of sp³-hybridized carbons (Fsp3) is 0.500. The summed E-state index contributed by atoms with van der Waals surface area (Å²) in [4.78, 5) is 26.2. The summed E-state index contributed by atoms with van der Waals surface area (Å²) in [6, 6.07) is 2.01. The van der Waals surface area contributed by atoms with Crippen molar-refractivity contribution in [1.29, 1.82) is 0 Å². The topological polar surface area (TPSA) is 127 Å². The standard InChI is InChI=1S/C14H19N3O6.2ClH/c18-6-5-15-1-3-16(4-2-15)9-13(20)10-7-11(17(22)23)14(21)12(19)8-10;;/h7-8,18-19,21H,1-6,9H2;2*1H. The lowest BCUT2D eigenvalue weighted by Gasteiger charge is -2.33. The minimum absolute atomic E-state index is 0. The quantitative estimate of drug-likeness (QED) is 0.276. The minimum Gasteiger partial charge on any atom is -0.504 e. The molecule has 1 aliphatic rings. The van der Waals surface area contributed by atoms with Gasteiger partial charge in [0.25, 0.3) is 0 Å². The number of hydrogen-bond acceptors (Lipinski definition) is 8. The van der Waals surface area contributed by atoms with Crippen molar-refractivity contribution in [1.82, 2.24) is 9.80 Å². The van der Waals surface area contributed by atoms with Crippen molar-refractivity contribution >= 4 is 36.3 Å². The van der Waals surface area contributed by atoms with Gasteiger partial charge in [-0.05, 0) is 6.07 Å². The number of aromatic hydroxyl groups is 2. The van der Waals surface area contributed by atoms with E-state index < -0.39 is 22.1 Å². The number of aliphatic hydroxyl groups excluding tert-OH is 1. The molecular weight excluding hydrogens is 377 g/mol. The number of benzene rings is 1. The van der Waals surface area contributed by atoms with Gasteiger partial charge in [0.1, 0.15) is 0 Å². The monoisotopic (exact) mass is 397 g/mol. The number of carbonyl (C=O) groups is 1. The first kappa shape index (κ1) is 23.4. The number of nitrogens with zero attached hydrogens (tertiary/aromatic N) is 3. The van der Waals surface area contributed by atoms with Crippen LogP contribution < -0.4 is 0 Å². The molecule has 11 heteroatoms. The predicted molar refractivity (Wildman–Crippen MR) is 95.2 cm³/mol. The first-order chi connectivity index (χ1) is 10.9. The Bertz CT molecular complexity index is 608. The molecule has 0 unspecified atom stereocenters. The molecule has 25 heavy (non-hydrogen) atoms. The van der Waals surface area contributed by atoms with Crippen LogP contribution in [-0.4, -0.2) is 81.7 Å². The van der Waals surface area contributed by atoms with E-state index in [1.54, 1.807) is 0 Å². The summed E-state index contributed by atoms with van der Waals surface area (Å²) in [6.07, 6.45) is 0. The highest BCUT2D eigenvalue weighted by Crippen LogP contribution is 2.36. The number of phenolic OH excluding ortho intramolecular Hbond substituents is 2. The van der Waals surface area contributed by atoms with Gasteiger partial charge in [-0.2, -0.15) is 0 Å². The Morgan fingerprint density at radius 2 is 1.68 bits per heavy atom. The molecule has 1 saturated heterocycles. The van der Waals surface area contributed by atoms with Crippen molar-refractivity contribution in [3.63, 3.8) is 0 Å². The lowest BCUT2D eigenvalue weighted by atomic mass is 10.1. The first-order valence-corrected chi connectivity index (χ1v) is 7.21. The molecule has 0 saturated carbocycles. The van der Waals surface area contributed by atoms with Crippen LogP contribution in [0.25, 0.3) is 0 Å². The lowest BCUT2D eigenvalue weighted by molar-refractivity contribution is -0.386. The summed E-state index contributed by atoms with van der Waals surface area (Å²) in [6.45, 7) is 3.53. The van der Waals surface area contributed by atoms with Gasteiger partial charge in [-0.3, -0.25) is 24.7 Å². The van der Waals surface area contributed by atoms with Crippen LogP contribution >= 0.6 is 24.8 Å². The molecule has 1 aromatic carbocycles. The molecule has 0 bridgehead atoms. The maximum absolute atomic E-state index is 12.2. The molecule has 0 amide bonds. The van der Waals surface area contributed by atoms with Gasteiger partial charge >= 0.3 is 5.69 Å². The molecule has 9 nitrogen and oxygen atoms in total. The lowest BCUT2D eigenvalue weighted by Crippen LogP contribution is -2.48. The second kappa shape index (κ2) is 10.4. The second-order valence-corrected chi connectivity index (χ2v) is 5.38. The van der Waals surface area contributed by atoms with Gasteiger partial charge in [0.2, 0.25) is 5.75 Å². The third kappa shape index (κ3) is 5.98. The van der Waals surface area contributed by atoms with E-state index >= 15 is 0 Å². The van der Waals surface area contributed by atoms with E-state index in [1.165, 1.54) is 0 Å². The van der Waals surface area contributed by atoms with Crippen molar-refractivity contribution in [2.24, 2.45) is 0 Å². The number of halogens is 2. The van der Waals surface area contributed by atoms with E-state index in [0.29, 0.717) is 19.6 Å². The van der Waals surface area contributed by atoms with Crippen molar-refractivity contribution < 1.29 is 25.0 Å². The highest BCUT2D eigenvalue weighted by atomic mass is 35.5. The number of hydrogen-bond donors (Lipinski definition) is 3. The zero-order valence-corrected chi connectivity index (χ0v) is 15.0. The number of rotatable bonds is 6. The third-order valence-electron chi connectivity index (χ3n) is 3.84. The minimum atomic E-state index is -0.848. The number of Topliss-reactive ketones (excluding diaryl/α,β-unsaturated/α-hetero) is 1. The predicted octanol–water partition coefficient (Wildman–Crippen LogP) is 0.642. The molecule has 2 rings (SSSR count). The number of aliphatic hydroxyl groups is 1. The summed E-state index contributed by atoms with van der Waals surface area (Å²) < 4.78 is 0. The normalized spacial score (nSPS) is 15.1. The van der Waals surface area contributed by atoms with Crippen LogP contribution in [0.1, 0.15) is 10.4 Å². The molecule has 1 aliphatic heterocycles. The Labute approximate surface area is 156 Å². The molecule has 0 atom stereocenters. The molecular formula is C14H21Cl2N3O6. The number of nitro groups is 1. The van der Waals surface area contributed by atoms with Crippen LogP contribution in [-0.2, 0) is 0 Å². The Morgan fingerprint density at radius 3 is 2.20 bits per heavy atom. The van der Waals surface area contributed by atoms with E-state index in [2.05, 4.69) is 4.90 Å². The summed E-state index contributed by atoms with van der Waals surface area (Å²) in [5.41, 5.74) is -0.703. The number of β-amino-alcohol motifs (C(OH)–C–C–N with tert-alkyl or cyclic N) is 1. The number of ketones is 1. The number of carbonyl (C=O) groups excluding carboxylic acids is 1. The van der Waals surface area contributed by atoms with E-state index in [-0.39, 0.29) is 49.3 Å². The van der Waals surface area contributed by atoms with Crippen molar-refractivity contribution in [2.75, 3.05) is 45.9 Å². The van der Waals surface area contributed by atoms with Crippen molar-refractivity contribution in [3.8, 4) is 11.5 Å². The van der Waals surface area contributed by atoms with Crippen LogP contribution in [0.3, 0.4) is 0 Å². The number of piperazine rings is 1. The van der Waals surface area contributed by atoms with Gasteiger partial charge in [0.05, 0.1) is 18.1 Å². The van der Waals surface area contributed by atoms with Crippen LogP contribution in [0.4, 0.5) is 5.69 Å². The van der Waals surface area contributed by atoms with Gasteiger partial charge in [-0.25, -0.2) is 0 Å². The SMILES string of the molecule is Cl.Cl.O=C(CN1CCN(CCO)CC1)c1cc(O)c(O)c([N+](=O)[O-])c1. The maximum atomic E-state index is 12.2. The maximum Gasteiger partial charge on any atom is 0.315 e. The van der Waals surface area contributed by atoms with E-state index in [9.17, 15) is 25.1 Å². The van der Waals surface area contributed by atoms with Crippen molar-refractivity contribution in [3.05, 3.63) is 27.8 Å². The highest BCUT2D eigenvalue weighted by Gasteiger charge is 2.24. The highest BCUT2D eigenvalue weighted by molar-refractivity contribution is 5.99. The van der Waals surface area contributed by atoms with Crippen LogP contribution in [0.15, 0.2) is 12.1 Å². The van der Waals surface area contributed by atoms with Crippen LogP contribution in [0.2, 0.25) is 0 Å². The van der Waals surface area contributed by atoms with Gasteiger partial charge < -0.3 is 15.3 Å². The average Bonchev–Trinajstić information content (AvgIpc) is 2.51. The smallest absolute Gasteiger partial charge is 0.315 e. The summed E-state index contributed by atoms with van der Waals surface area (Å²) in [5, 5.41) is 38.7. The molecule has 0 aliphatic carbocycles. The van der Waals surface area contributed by atoms with Gasteiger partial charge in [0.15, 0.2) is 11.5 Å². The Morgan fingerprint density at radius 1 is 1.12 bits per heavy atom. The molecule has 1 aromatic rings. The van der Waals surface area contributed by atoms with Gasteiger partial charge in [-0.15, -0.1) is 24.8 Å². The fourth-order valence-corrected chi connectivity index (χ4v) is 2.51. The van der Waals surface area contributed by atoms with Crippen molar-refractivity contribution in [2.45, 2.75) is 0 Å². The number of phenols is 2. The van der Waals surface area contributed by atoms with E-state index in [0.717, 1.165) is 25.2 Å². The zero-order chi connectivity index (χ0) is 17.0. The number of nitro benzene ring substituents is 1. The largest absolute Gasteiger partial charge is 0.504 e. The van der Waals surface area contributed by atoms with Crippen LogP contribution in [0.5, 0.6) is 11.5 Å². The first-order valence-electron chi connectivity index (χ1n) is 7.21. The molecule has 1 heterocycles. The molecule has 142 valence electrons. The molecule has 1 fully saturated rings. The summed E-state index contributed by atoms with van der Waals surface area (Å²) in [7, 11) is 0. The Balaban J connectivity index is 0.00000288. The second-order valence-electron chi connectivity index (χ2n) is 5.38. The third-order valence-corrected chi connectivity index (χ3v) is 3.84. The van der Waals surface area contributed by atoms with E-state index in [1.807, 2.05) is 4.90 Å². The molecule has 0 radical (unpaired) electrons. The molecule has 3 N–H and O–H groups in total. The Hall–Kier alpha value is -1.65. The molecule has 0 aromatic heterocycles.